The average Bonchev–Trinajstić information content (AvgIpc) is 3.04. The van der Waals surface area contributed by atoms with Crippen LogP contribution in [0.15, 0.2) is 24.3 Å². The SMILES string of the molecule is Cc1ccc(Cc2nnc(NC(=O)CC(C)C3CCNCC3)s2)cc1.Cl. The fraction of sp³-hybridized carbons (Fsp3) is 0.526. The van der Waals surface area contributed by atoms with Crippen molar-refractivity contribution in [3.63, 3.8) is 0 Å². The molecule has 2 aromatic rings. The molecule has 3 rings (SSSR count). The molecule has 7 heteroatoms. The number of piperidine rings is 1. The summed E-state index contributed by atoms with van der Waals surface area (Å²) in [6, 6.07) is 8.41. The molecule has 1 atom stereocenters. The molecule has 0 aliphatic carbocycles. The van der Waals surface area contributed by atoms with Gasteiger partial charge in [0.25, 0.3) is 0 Å². The van der Waals surface area contributed by atoms with E-state index in [-0.39, 0.29) is 18.3 Å². The van der Waals surface area contributed by atoms with Gasteiger partial charge in [-0.1, -0.05) is 48.1 Å². The number of aromatic nitrogens is 2. The predicted octanol–water partition coefficient (Wildman–Crippen LogP) is 3.82. The van der Waals surface area contributed by atoms with E-state index in [4.69, 9.17) is 0 Å². The summed E-state index contributed by atoms with van der Waals surface area (Å²) in [5, 5.41) is 16.1. The maximum absolute atomic E-state index is 12.3. The van der Waals surface area contributed by atoms with Gasteiger partial charge in [0.15, 0.2) is 0 Å². The van der Waals surface area contributed by atoms with Gasteiger partial charge in [0, 0.05) is 12.8 Å². The third-order valence-corrected chi connectivity index (χ3v) is 5.72. The van der Waals surface area contributed by atoms with Crippen LogP contribution < -0.4 is 10.6 Å². The maximum Gasteiger partial charge on any atom is 0.226 e. The van der Waals surface area contributed by atoms with E-state index < -0.39 is 0 Å². The van der Waals surface area contributed by atoms with Gasteiger partial charge in [-0.3, -0.25) is 4.79 Å². The average molecular weight is 395 g/mol. The molecule has 1 fully saturated rings. The summed E-state index contributed by atoms with van der Waals surface area (Å²) >= 11 is 1.46. The fourth-order valence-corrected chi connectivity index (χ4v) is 4.09. The van der Waals surface area contributed by atoms with Crippen LogP contribution in [0, 0.1) is 18.8 Å². The lowest BCUT2D eigenvalue weighted by molar-refractivity contribution is -0.117. The Labute approximate surface area is 165 Å². The van der Waals surface area contributed by atoms with Crippen LogP contribution in [-0.2, 0) is 11.2 Å². The van der Waals surface area contributed by atoms with Crippen molar-refractivity contribution in [1.82, 2.24) is 15.5 Å². The van der Waals surface area contributed by atoms with Crippen molar-refractivity contribution < 1.29 is 4.79 Å². The van der Waals surface area contributed by atoms with E-state index in [1.807, 2.05) is 0 Å². The standard InChI is InChI=1S/C19H26N4OS.ClH/c1-13-3-5-15(6-4-13)12-18-22-23-19(25-18)21-17(24)11-14(2)16-7-9-20-10-8-16;/h3-6,14,16,20H,7-12H2,1-2H3,(H,21,23,24);1H. The van der Waals surface area contributed by atoms with Crippen molar-refractivity contribution >= 4 is 34.8 Å². The molecule has 5 nitrogen and oxygen atoms in total. The Morgan fingerprint density at radius 2 is 1.96 bits per heavy atom. The van der Waals surface area contributed by atoms with E-state index in [9.17, 15) is 4.79 Å². The number of halogens is 1. The first-order valence-electron chi connectivity index (χ1n) is 8.98. The molecule has 1 aliphatic heterocycles. The summed E-state index contributed by atoms with van der Waals surface area (Å²) in [5.41, 5.74) is 2.45. The molecule has 1 unspecified atom stereocenters. The number of benzene rings is 1. The maximum atomic E-state index is 12.3. The first kappa shape index (κ1) is 20.8. The van der Waals surface area contributed by atoms with E-state index in [1.54, 1.807) is 0 Å². The van der Waals surface area contributed by atoms with Crippen LogP contribution in [0.3, 0.4) is 0 Å². The molecule has 1 saturated heterocycles. The highest BCUT2D eigenvalue weighted by molar-refractivity contribution is 7.15. The lowest BCUT2D eigenvalue weighted by atomic mass is 9.84. The summed E-state index contributed by atoms with van der Waals surface area (Å²) in [6.07, 6.45) is 3.62. The third kappa shape index (κ3) is 6.04. The molecule has 0 saturated carbocycles. The summed E-state index contributed by atoms with van der Waals surface area (Å²) in [5.74, 6) is 1.09. The van der Waals surface area contributed by atoms with Gasteiger partial charge in [-0.2, -0.15) is 0 Å². The minimum absolute atomic E-state index is 0. The summed E-state index contributed by atoms with van der Waals surface area (Å²) in [4.78, 5) is 12.3. The molecule has 142 valence electrons. The first-order valence-corrected chi connectivity index (χ1v) is 9.80. The van der Waals surface area contributed by atoms with E-state index in [2.05, 4.69) is 58.9 Å². The van der Waals surface area contributed by atoms with Gasteiger partial charge >= 0.3 is 0 Å². The zero-order chi connectivity index (χ0) is 17.6. The van der Waals surface area contributed by atoms with Crippen molar-refractivity contribution in [2.75, 3.05) is 18.4 Å². The molecule has 2 N–H and O–H groups in total. The molecule has 0 bridgehead atoms. The Kier molecular flexibility index (Phi) is 8.00. The monoisotopic (exact) mass is 394 g/mol. The Morgan fingerprint density at radius 3 is 2.65 bits per heavy atom. The minimum Gasteiger partial charge on any atom is -0.317 e. The number of hydrogen-bond donors (Lipinski definition) is 2. The normalized spacial score (nSPS) is 15.9. The zero-order valence-corrected chi connectivity index (χ0v) is 17.0. The van der Waals surface area contributed by atoms with Crippen LogP contribution in [0.2, 0.25) is 0 Å². The number of nitrogens with one attached hydrogen (secondary N) is 2. The second-order valence-corrected chi connectivity index (χ2v) is 8.04. The molecular weight excluding hydrogens is 368 g/mol. The molecule has 0 radical (unpaired) electrons. The zero-order valence-electron chi connectivity index (χ0n) is 15.3. The topological polar surface area (TPSA) is 66.9 Å². The third-order valence-electron chi connectivity index (χ3n) is 4.89. The van der Waals surface area contributed by atoms with Crippen LogP contribution in [0.4, 0.5) is 5.13 Å². The van der Waals surface area contributed by atoms with Crippen LogP contribution in [0.25, 0.3) is 0 Å². The Bertz CT molecular complexity index is 698. The van der Waals surface area contributed by atoms with Gasteiger partial charge in [-0.15, -0.1) is 22.6 Å². The largest absolute Gasteiger partial charge is 0.317 e. The van der Waals surface area contributed by atoms with Crippen molar-refractivity contribution in [2.24, 2.45) is 11.8 Å². The minimum atomic E-state index is 0. The van der Waals surface area contributed by atoms with Gasteiger partial charge in [0.1, 0.15) is 5.01 Å². The molecule has 2 heterocycles. The lowest BCUT2D eigenvalue weighted by Crippen LogP contribution is -2.32. The number of carbonyl (C=O) groups is 1. The Hall–Kier alpha value is -1.50. The van der Waals surface area contributed by atoms with E-state index in [0.29, 0.717) is 23.4 Å². The van der Waals surface area contributed by atoms with E-state index in [1.165, 1.54) is 22.5 Å². The first-order chi connectivity index (χ1) is 12.1. The molecular formula is C19H27ClN4OS. The second kappa shape index (κ2) is 10.00. The lowest BCUT2D eigenvalue weighted by Gasteiger charge is -2.27. The van der Waals surface area contributed by atoms with Crippen molar-refractivity contribution in [3.8, 4) is 0 Å². The number of nitrogens with zero attached hydrogens (tertiary/aromatic N) is 2. The van der Waals surface area contributed by atoms with Crippen LogP contribution in [-0.4, -0.2) is 29.2 Å². The van der Waals surface area contributed by atoms with Crippen LogP contribution in [0.5, 0.6) is 0 Å². The highest BCUT2D eigenvalue weighted by atomic mass is 35.5. The smallest absolute Gasteiger partial charge is 0.226 e. The second-order valence-electron chi connectivity index (χ2n) is 6.98. The quantitative estimate of drug-likeness (QED) is 0.781. The number of hydrogen-bond acceptors (Lipinski definition) is 5. The van der Waals surface area contributed by atoms with Crippen LogP contribution in [0.1, 0.15) is 42.3 Å². The Balaban J connectivity index is 0.00000243. The van der Waals surface area contributed by atoms with Gasteiger partial charge < -0.3 is 10.6 Å². The van der Waals surface area contributed by atoms with Gasteiger partial charge in [0.2, 0.25) is 11.0 Å². The number of rotatable bonds is 6. The Morgan fingerprint density at radius 1 is 1.27 bits per heavy atom. The van der Waals surface area contributed by atoms with Crippen LogP contribution >= 0.6 is 23.7 Å². The molecule has 1 amide bonds. The molecule has 0 spiro atoms. The van der Waals surface area contributed by atoms with Crippen molar-refractivity contribution in [3.05, 3.63) is 40.4 Å². The van der Waals surface area contributed by atoms with E-state index in [0.717, 1.165) is 37.4 Å². The molecule has 26 heavy (non-hydrogen) atoms. The summed E-state index contributed by atoms with van der Waals surface area (Å²) < 4.78 is 0. The number of carbonyl (C=O) groups excluding carboxylic acids is 1. The number of amides is 1. The summed E-state index contributed by atoms with van der Waals surface area (Å²) in [6.45, 7) is 6.39. The summed E-state index contributed by atoms with van der Waals surface area (Å²) in [7, 11) is 0. The van der Waals surface area contributed by atoms with Gasteiger partial charge in [0.05, 0.1) is 0 Å². The number of aryl methyl sites for hydroxylation is 1. The van der Waals surface area contributed by atoms with E-state index >= 15 is 0 Å². The predicted molar refractivity (Wildman–Crippen MR) is 109 cm³/mol. The number of anilines is 1. The van der Waals surface area contributed by atoms with Crippen molar-refractivity contribution in [2.45, 2.75) is 39.5 Å². The van der Waals surface area contributed by atoms with Gasteiger partial charge in [-0.05, 0) is 50.3 Å². The molecule has 1 aromatic carbocycles. The highest BCUT2D eigenvalue weighted by Gasteiger charge is 2.22. The highest BCUT2D eigenvalue weighted by Crippen LogP contribution is 2.25. The molecule has 1 aliphatic rings. The van der Waals surface area contributed by atoms with Crippen molar-refractivity contribution in [1.29, 1.82) is 0 Å². The van der Waals surface area contributed by atoms with Gasteiger partial charge in [-0.25, -0.2) is 0 Å². The molecule has 1 aromatic heterocycles. The fourth-order valence-electron chi connectivity index (χ4n) is 3.30.